The van der Waals surface area contributed by atoms with E-state index in [1.165, 1.54) is 10.6 Å². The Morgan fingerprint density at radius 3 is 2.31 bits per heavy atom. The molecule has 2 aromatic heterocycles. The third-order valence-electron chi connectivity index (χ3n) is 5.73. The van der Waals surface area contributed by atoms with Crippen molar-refractivity contribution >= 4 is 46.0 Å². The normalized spacial score (nSPS) is 11.3. The third kappa shape index (κ3) is 5.70. The minimum Gasteiger partial charge on any atom is -0.410 e. The maximum Gasteiger partial charge on any atom is 0.423 e. The van der Waals surface area contributed by atoms with Gasteiger partial charge in [0.1, 0.15) is 5.75 Å². The number of carbonyl (C=O) groups is 2. The number of alkyl halides is 3. The zero-order valence-electron chi connectivity index (χ0n) is 19.9. The Morgan fingerprint density at radius 2 is 1.59 bits per heavy atom. The lowest BCUT2D eigenvalue weighted by Crippen LogP contribution is -2.19. The molecule has 196 valence electrons. The fourth-order valence-electron chi connectivity index (χ4n) is 3.94. The van der Waals surface area contributed by atoms with E-state index in [-0.39, 0.29) is 5.69 Å². The molecular formula is C28H18ClF3N4O3. The molecule has 0 saturated heterocycles. The first-order valence-corrected chi connectivity index (χ1v) is 11.8. The maximum atomic E-state index is 13.1. The summed E-state index contributed by atoms with van der Waals surface area (Å²) in [4.78, 5) is 29.4. The van der Waals surface area contributed by atoms with Gasteiger partial charge in [-0.1, -0.05) is 41.9 Å². The molecular weight excluding hydrogens is 533 g/mol. The van der Waals surface area contributed by atoms with E-state index in [1.807, 2.05) is 6.07 Å². The minimum absolute atomic E-state index is 0.0662. The summed E-state index contributed by atoms with van der Waals surface area (Å²) >= 11 is 5.62. The summed E-state index contributed by atoms with van der Waals surface area (Å²) in [5, 5.41) is 5.19. The average Bonchev–Trinajstić information content (AvgIpc) is 3.30. The van der Waals surface area contributed by atoms with Crippen LogP contribution < -0.4 is 15.4 Å². The molecule has 0 bridgehead atoms. The average molecular weight is 551 g/mol. The van der Waals surface area contributed by atoms with Crippen LogP contribution in [0.2, 0.25) is 5.02 Å². The Hall–Kier alpha value is -4.83. The summed E-state index contributed by atoms with van der Waals surface area (Å²) in [6.45, 7) is 0. The summed E-state index contributed by atoms with van der Waals surface area (Å²) < 4.78 is 46.1. The third-order valence-corrected chi connectivity index (χ3v) is 6.06. The van der Waals surface area contributed by atoms with Crippen molar-refractivity contribution in [1.29, 1.82) is 0 Å². The van der Waals surface area contributed by atoms with Gasteiger partial charge in [-0.2, -0.15) is 13.2 Å². The molecule has 0 radical (unpaired) electrons. The van der Waals surface area contributed by atoms with Crippen LogP contribution >= 0.6 is 11.6 Å². The van der Waals surface area contributed by atoms with Gasteiger partial charge in [-0.05, 0) is 54.1 Å². The number of ether oxygens (including phenoxy) is 1. The molecule has 3 aromatic carbocycles. The van der Waals surface area contributed by atoms with Gasteiger partial charge in [0.15, 0.2) is 0 Å². The Bertz CT molecular complexity index is 1670. The molecule has 11 heteroatoms. The van der Waals surface area contributed by atoms with Crippen molar-refractivity contribution in [3.05, 3.63) is 108 Å². The van der Waals surface area contributed by atoms with Crippen LogP contribution in [0.4, 0.5) is 34.1 Å². The number of anilines is 2. The molecule has 0 aliphatic carbocycles. The van der Waals surface area contributed by atoms with Gasteiger partial charge in [0.05, 0.1) is 16.1 Å². The molecule has 39 heavy (non-hydrogen) atoms. The summed E-state index contributed by atoms with van der Waals surface area (Å²) in [6.07, 6.45) is -0.390. The van der Waals surface area contributed by atoms with E-state index in [1.54, 1.807) is 73.2 Å². The number of benzene rings is 3. The molecule has 0 aliphatic rings. The molecule has 0 unspecified atom stereocenters. The Labute approximate surface area is 224 Å². The van der Waals surface area contributed by atoms with Crippen molar-refractivity contribution in [2.24, 2.45) is 0 Å². The Kier molecular flexibility index (Phi) is 6.95. The van der Waals surface area contributed by atoms with Crippen molar-refractivity contribution in [2.75, 3.05) is 10.6 Å². The Morgan fingerprint density at radius 1 is 0.897 bits per heavy atom. The monoisotopic (exact) mass is 550 g/mol. The molecule has 5 rings (SSSR count). The number of aromatic nitrogens is 2. The number of hydrogen-bond acceptors (Lipinski definition) is 4. The summed E-state index contributed by atoms with van der Waals surface area (Å²) in [5.74, 6) is 0.405. The highest BCUT2D eigenvalue weighted by Gasteiger charge is 2.33. The first-order valence-electron chi connectivity index (χ1n) is 11.5. The largest absolute Gasteiger partial charge is 0.423 e. The maximum absolute atomic E-state index is 13.1. The van der Waals surface area contributed by atoms with Crippen molar-refractivity contribution in [2.45, 2.75) is 6.18 Å². The van der Waals surface area contributed by atoms with E-state index in [0.717, 1.165) is 17.7 Å². The molecule has 0 atom stereocenters. The van der Waals surface area contributed by atoms with Gasteiger partial charge in [-0.3, -0.25) is 9.55 Å². The molecule has 2 N–H and O–H groups in total. The number of halogens is 4. The van der Waals surface area contributed by atoms with Crippen molar-refractivity contribution < 1.29 is 27.5 Å². The second-order valence-corrected chi connectivity index (χ2v) is 8.74. The highest BCUT2D eigenvalue weighted by Crippen LogP contribution is 2.36. The standard InChI is InChI=1S/C28H18ClF3N4O3/c29-24-11-10-19(14-23(24)28(30,31)32)35-26(37)34-18-8-6-17(7-9-18)22-16-36(25-12-13-33-15-21(22)25)27(38)39-20-4-2-1-3-5-20/h1-16H,(H2,34,35,37). The van der Waals surface area contributed by atoms with Crippen molar-refractivity contribution in [3.63, 3.8) is 0 Å². The van der Waals surface area contributed by atoms with Gasteiger partial charge < -0.3 is 15.4 Å². The highest BCUT2D eigenvalue weighted by molar-refractivity contribution is 6.31. The number of carbonyl (C=O) groups excluding carboxylic acids is 2. The van der Waals surface area contributed by atoms with E-state index < -0.39 is 28.9 Å². The van der Waals surface area contributed by atoms with Crippen LogP contribution in [0.1, 0.15) is 5.56 Å². The lowest BCUT2D eigenvalue weighted by molar-refractivity contribution is -0.137. The van der Waals surface area contributed by atoms with Crippen molar-refractivity contribution in [1.82, 2.24) is 9.55 Å². The van der Waals surface area contributed by atoms with Gasteiger partial charge in [0.25, 0.3) is 0 Å². The van der Waals surface area contributed by atoms with E-state index in [0.29, 0.717) is 27.9 Å². The minimum atomic E-state index is -4.65. The Balaban J connectivity index is 1.33. The number of hydrogen-bond donors (Lipinski definition) is 2. The summed E-state index contributed by atoms with van der Waals surface area (Å²) in [6, 6.07) is 19.5. The summed E-state index contributed by atoms with van der Waals surface area (Å²) in [7, 11) is 0. The topological polar surface area (TPSA) is 85.2 Å². The fraction of sp³-hybridized carbons (Fsp3) is 0.0357. The fourth-order valence-corrected chi connectivity index (χ4v) is 4.16. The van der Waals surface area contributed by atoms with E-state index in [9.17, 15) is 22.8 Å². The van der Waals surface area contributed by atoms with Crippen molar-refractivity contribution in [3.8, 4) is 16.9 Å². The van der Waals surface area contributed by atoms with E-state index >= 15 is 0 Å². The van der Waals surface area contributed by atoms with Crippen LogP contribution in [0.3, 0.4) is 0 Å². The van der Waals surface area contributed by atoms with Crippen LogP contribution in [-0.2, 0) is 6.18 Å². The quantitative estimate of drug-likeness (QED) is 0.237. The number of amides is 2. The molecule has 2 heterocycles. The number of fused-ring (bicyclic) bond motifs is 1. The SMILES string of the molecule is O=C(Nc1ccc(-c2cn(C(=O)Oc3ccccc3)c3ccncc23)cc1)Nc1ccc(Cl)c(C(F)(F)F)c1. The zero-order valence-corrected chi connectivity index (χ0v) is 20.6. The molecule has 2 amide bonds. The highest BCUT2D eigenvalue weighted by atomic mass is 35.5. The molecule has 0 fully saturated rings. The second kappa shape index (κ2) is 10.5. The van der Waals surface area contributed by atoms with E-state index in [4.69, 9.17) is 16.3 Å². The second-order valence-electron chi connectivity index (χ2n) is 8.34. The lowest BCUT2D eigenvalue weighted by atomic mass is 10.1. The zero-order chi connectivity index (χ0) is 27.6. The number of para-hydroxylation sites is 1. The number of nitrogens with one attached hydrogen (secondary N) is 2. The summed E-state index contributed by atoms with van der Waals surface area (Å²) in [5.41, 5.74) is 1.32. The van der Waals surface area contributed by atoms with E-state index in [2.05, 4.69) is 15.6 Å². The molecule has 0 saturated carbocycles. The molecule has 5 aromatic rings. The van der Waals surface area contributed by atoms with Crippen LogP contribution in [0.5, 0.6) is 5.75 Å². The smallest absolute Gasteiger partial charge is 0.410 e. The van der Waals surface area contributed by atoms with Crippen LogP contribution in [0.25, 0.3) is 22.0 Å². The van der Waals surface area contributed by atoms with Gasteiger partial charge in [-0.25, -0.2) is 9.59 Å². The lowest BCUT2D eigenvalue weighted by Gasteiger charge is -2.12. The number of pyridine rings is 1. The van der Waals surface area contributed by atoms with Gasteiger partial charge in [0, 0.05) is 40.9 Å². The van der Waals surface area contributed by atoms with Crippen LogP contribution in [-0.4, -0.2) is 21.7 Å². The van der Waals surface area contributed by atoms with Crippen LogP contribution in [0, 0.1) is 0 Å². The number of nitrogens with zero attached hydrogens (tertiary/aromatic N) is 2. The molecule has 7 nitrogen and oxygen atoms in total. The number of rotatable bonds is 4. The molecule has 0 aliphatic heterocycles. The predicted octanol–water partition coefficient (Wildman–Crippen LogP) is 8.07. The van der Waals surface area contributed by atoms with Gasteiger partial charge in [-0.15, -0.1) is 0 Å². The first-order chi connectivity index (χ1) is 18.7. The molecule has 0 spiro atoms. The van der Waals surface area contributed by atoms with Crippen LogP contribution in [0.15, 0.2) is 97.5 Å². The first kappa shape index (κ1) is 25.8. The number of urea groups is 1. The van der Waals surface area contributed by atoms with Gasteiger partial charge >= 0.3 is 18.3 Å². The predicted molar refractivity (Wildman–Crippen MR) is 142 cm³/mol. The van der Waals surface area contributed by atoms with Gasteiger partial charge in [0.2, 0.25) is 0 Å².